The smallest absolute Gasteiger partial charge is 0.253 e. The minimum absolute atomic E-state index is 0.342. The van der Waals surface area contributed by atoms with E-state index in [2.05, 4.69) is 10.6 Å². The summed E-state index contributed by atoms with van der Waals surface area (Å²) < 4.78 is 15.5. The second-order valence-corrected chi connectivity index (χ2v) is 6.61. The van der Waals surface area contributed by atoms with E-state index in [9.17, 15) is 9.59 Å². The van der Waals surface area contributed by atoms with Gasteiger partial charge in [0.25, 0.3) is 11.8 Å². The normalized spacial score (nSPS) is 10.3. The van der Waals surface area contributed by atoms with Gasteiger partial charge in [0.1, 0.15) is 23.4 Å². The minimum atomic E-state index is -0.778. The monoisotopic (exact) mass is 420 g/mol. The van der Waals surface area contributed by atoms with Gasteiger partial charge < -0.3 is 24.8 Å². The number of hydrogen-bond acceptors (Lipinski definition) is 5. The van der Waals surface area contributed by atoms with Crippen molar-refractivity contribution in [1.82, 2.24) is 10.6 Å². The van der Waals surface area contributed by atoms with Gasteiger partial charge in [-0.2, -0.15) is 0 Å². The molecule has 31 heavy (non-hydrogen) atoms. The molecule has 0 aliphatic heterocycles. The van der Waals surface area contributed by atoms with Crippen molar-refractivity contribution in [3.05, 3.63) is 89.5 Å². The summed E-state index contributed by atoms with van der Waals surface area (Å²) in [4.78, 5) is 25.7. The van der Waals surface area contributed by atoms with Crippen LogP contribution in [0.1, 0.15) is 32.4 Å². The van der Waals surface area contributed by atoms with E-state index >= 15 is 0 Å². The predicted octanol–water partition coefficient (Wildman–Crippen LogP) is 3.57. The van der Waals surface area contributed by atoms with Crippen LogP contribution in [-0.4, -0.2) is 33.1 Å². The molecule has 0 fully saturated rings. The van der Waals surface area contributed by atoms with Crippen LogP contribution in [0.4, 0.5) is 0 Å². The lowest BCUT2D eigenvalue weighted by atomic mass is 10.1. The zero-order chi connectivity index (χ0) is 22.2. The molecular formula is C24H24N2O5. The molecule has 0 radical (unpaired) electrons. The van der Waals surface area contributed by atoms with Gasteiger partial charge in [-0.1, -0.05) is 12.1 Å². The third kappa shape index (κ3) is 5.54. The Morgan fingerprint density at radius 3 is 1.52 bits per heavy atom. The van der Waals surface area contributed by atoms with Gasteiger partial charge in [0.15, 0.2) is 0 Å². The van der Waals surface area contributed by atoms with Crippen molar-refractivity contribution in [1.29, 1.82) is 0 Å². The summed E-state index contributed by atoms with van der Waals surface area (Å²) in [6, 6.07) is 20.6. The Labute approximate surface area is 180 Å². The van der Waals surface area contributed by atoms with E-state index in [4.69, 9.17) is 14.2 Å². The third-order valence-electron chi connectivity index (χ3n) is 4.68. The van der Waals surface area contributed by atoms with E-state index in [-0.39, 0.29) is 11.8 Å². The van der Waals surface area contributed by atoms with Crippen LogP contribution in [0.3, 0.4) is 0 Å². The predicted molar refractivity (Wildman–Crippen MR) is 117 cm³/mol. The third-order valence-corrected chi connectivity index (χ3v) is 4.68. The van der Waals surface area contributed by atoms with Crippen LogP contribution < -0.4 is 24.8 Å². The first-order valence-corrected chi connectivity index (χ1v) is 9.58. The fourth-order valence-electron chi connectivity index (χ4n) is 2.94. The summed E-state index contributed by atoms with van der Waals surface area (Å²) in [5.74, 6) is 1.22. The number of nitrogens with one attached hydrogen (secondary N) is 2. The van der Waals surface area contributed by atoms with Gasteiger partial charge >= 0.3 is 0 Å². The van der Waals surface area contributed by atoms with Gasteiger partial charge in [-0.15, -0.1) is 0 Å². The van der Waals surface area contributed by atoms with Crippen LogP contribution in [0.25, 0.3) is 0 Å². The average molecular weight is 420 g/mol. The first-order chi connectivity index (χ1) is 15.0. The summed E-state index contributed by atoms with van der Waals surface area (Å²) in [5, 5.41) is 5.74. The zero-order valence-corrected chi connectivity index (χ0v) is 17.5. The lowest BCUT2D eigenvalue weighted by Gasteiger charge is -2.21. The SMILES string of the molecule is COc1ccc(C(=O)NC(NC(=O)c2ccc(OC)cc2)c2cccc(OC)c2)cc1. The van der Waals surface area contributed by atoms with E-state index in [0.717, 1.165) is 0 Å². The lowest BCUT2D eigenvalue weighted by molar-refractivity contribution is 0.0883. The Morgan fingerprint density at radius 2 is 1.10 bits per heavy atom. The van der Waals surface area contributed by atoms with Crippen LogP contribution in [-0.2, 0) is 0 Å². The van der Waals surface area contributed by atoms with Gasteiger partial charge in [-0.3, -0.25) is 9.59 Å². The topological polar surface area (TPSA) is 85.9 Å². The highest BCUT2D eigenvalue weighted by Crippen LogP contribution is 2.20. The average Bonchev–Trinajstić information content (AvgIpc) is 2.83. The van der Waals surface area contributed by atoms with Gasteiger partial charge in [0, 0.05) is 11.1 Å². The molecule has 0 aromatic heterocycles. The van der Waals surface area contributed by atoms with Crippen LogP contribution >= 0.6 is 0 Å². The molecule has 0 saturated carbocycles. The Hall–Kier alpha value is -4.00. The van der Waals surface area contributed by atoms with Crippen molar-refractivity contribution in [2.45, 2.75) is 6.17 Å². The van der Waals surface area contributed by atoms with Crippen molar-refractivity contribution in [2.75, 3.05) is 21.3 Å². The van der Waals surface area contributed by atoms with Gasteiger partial charge in [-0.25, -0.2) is 0 Å². The Balaban J connectivity index is 1.84. The van der Waals surface area contributed by atoms with Crippen molar-refractivity contribution in [2.24, 2.45) is 0 Å². The summed E-state index contributed by atoms with van der Waals surface area (Å²) in [5.41, 5.74) is 1.54. The van der Waals surface area contributed by atoms with Crippen molar-refractivity contribution >= 4 is 11.8 Å². The molecule has 0 heterocycles. The summed E-state index contributed by atoms with van der Waals surface area (Å²) in [7, 11) is 4.67. The van der Waals surface area contributed by atoms with Crippen LogP contribution in [0.5, 0.6) is 17.2 Å². The van der Waals surface area contributed by atoms with E-state index in [1.54, 1.807) is 94.1 Å². The maximum atomic E-state index is 12.8. The number of benzene rings is 3. The van der Waals surface area contributed by atoms with Crippen LogP contribution in [0.15, 0.2) is 72.8 Å². The highest BCUT2D eigenvalue weighted by Gasteiger charge is 2.20. The van der Waals surface area contributed by atoms with E-state index in [1.165, 1.54) is 0 Å². The highest BCUT2D eigenvalue weighted by molar-refractivity contribution is 5.97. The molecule has 0 unspecified atom stereocenters. The largest absolute Gasteiger partial charge is 0.497 e. The van der Waals surface area contributed by atoms with Crippen LogP contribution in [0, 0.1) is 0 Å². The Morgan fingerprint density at radius 1 is 0.645 bits per heavy atom. The molecule has 7 heteroatoms. The van der Waals surface area contributed by atoms with Gasteiger partial charge in [0.05, 0.1) is 21.3 Å². The summed E-state index contributed by atoms with van der Waals surface area (Å²) >= 11 is 0. The van der Waals surface area contributed by atoms with E-state index in [1.807, 2.05) is 0 Å². The molecule has 0 saturated heterocycles. The second-order valence-electron chi connectivity index (χ2n) is 6.61. The van der Waals surface area contributed by atoms with E-state index < -0.39 is 6.17 Å². The number of amides is 2. The molecular weight excluding hydrogens is 396 g/mol. The van der Waals surface area contributed by atoms with Crippen molar-refractivity contribution < 1.29 is 23.8 Å². The molecule has 3 aromatic rings. The Bertz CT molecular complexity index is 971. The molecule has 0 spiro atoms. The summed E-state index contributed by atoms with van der Waals surface area (Å²) in [6.07, 6.45) is -0.778. The number of ether oxygens (including phenoxy) is 3. The molecule has 160 valence electrons. The number of carbonyl (C=O) groups is 2. The molecule has 3 rings (SSSR count). The number of rotatable bonds is 8. The van der Waals surface area contributed by atoms with Gasteiger partial charge in [-0.05, 0) is 66.2 Å². The molecule has 0 bridgehead atoms. The minimum Gasteiger partial charge on any atom is -0.497 e. The fraction of sp³-hybridized carbons (Fsp3) is 0.167. The standard InChI is InChI=1S/C24H24N2O5/c1-29-19-11-7-16(8-12-19)23(27)25-22(18-5-4-6-21(15-18)31-3)26-24(28)17-9-13-20(30-2)14-10-17/h4-15,22H,1-3H3,(H,25,27)(H,26,28). The first-order valence-electron chi connectivity index (χ1n) is 9.58. The van der Waals surface area contributed by atoms with Crippen molar-refractivity contribution in [3.8, 4) is 17.2 Å². The molecule has 2 N–H and O–H groups in total. The number of carbonyl (C=O) groups excluding carboxylic acids is 2. The molecule has 2 amide bonds. The number of methoxy groups -OCH3 is 3. The summed E-state index contributed by atoms with van der Waals surface area (Å²) in [6.45, 7) is 0. The van der Waals surface area contributed by atoms with Crippen LogP contribution in [0.2, 0.25) is 0 Å². The maximum absolute atomic E-state index is 12.8. The molecule has 7 nitrogen and oxygen atoms in total. The van der Waals surface area contributed by atoms with E-state index in [0.29, 0.717) is 33.9 Å². The highest BCUT2D eigenvalue weighted by atomic mass is 16.5. The van der Waals surface area contributed by atoms with Gasteiger partial charge in [0.2, 0.25) is 0 Å². The molecule has 3 aromatic carbocycles. The second kappa shape index (κ2) is 10.2. The molecule has 0 aliphatic carbocycles. The Kier molecular flexibility index (Phi) is 7.11. The lowest BCUT2D eigenvalue weighted by Crippen LogP contribution is -2.41. The maximum Gasteiger partial charge on any atom is 0.253 e. The fourth-order valence-corrected chi connectivity index (χ4v) is 2.94. The first kappa shape index (κ1) is 21.7. The molecule has 0 atom stereocenters. The quantitative estimate of drug-likeness (QED) is 0.544. The van der Waals surface area contributed by atoms with Crippen molar-refractivity contribution in [3.63, 3.8) is 0 Å². The molecule has 0 aliphatic rings. The zero-order valence-electron chi connectivity index (χ0n) is 17.5. The number of hydrogen-bond donors (Lipinski definition) is 2.